The number of aromatic nitrogens is 1. The van der Waals surface area contributed by atoms with Crippen LogP contribution in [0.15, 0.2) is 6.07 Å². The molecule has 0 radical (unpaired) electrons. The summed E-state index contributed by atoms with van der Waals surface area (Å²) in [4.78, 5) is 11.6. The van der Waals surface area contributed by atoms with Crippen LogP contribution in [0.4, 0.5) is 0 Å². The summed E-state index contributed by atoms with van der Waals surface area (Å²) >= 11 is 0. The highest BCUT2D eigenvalue weighted by Gasteiger charge is 2.13. The first kappa shape index (κ1) is 14.8. The van der Waals surface area contributed by atoms with E-state index in [1.54, 1.807) is 0 Å². The van der Waals surface area contributed by atoms with Crippen molar-refractivity contribution in [3.05, 3.63) is 23.0 Å². The minimum Gasteiger partial charge on any atom is -0.355 e. The average Bonchev–Trinajstić information content (AvgIpc) is 2.61. The van der Waals surface area contributed by atoms with Crippen molar-refractivity contribution in [2.45, 2.75) is 53.8 Å². The van der Waals surface area contributed by atoms with Crippen LogP contribution >= 0.6 is 0 Å². The third-order valence-electron chi connectivity index (χ3n) is 3.34. The van der Waals surface area contributed by atoms with Crippen molar-refractivity contribution in [2.24, 2.45) is 0 Å². The molecule has 4 nitrogen and oxygen atoms in total. The van der Waals surface area contributed by atoms with Crippen LogP contribution in [0.25, 0.3) is 0 Å². The molecular formula is C14H25N3O. The van der Waals surface area contributed by atoms with Gasteiger partial charge in [-0.25, -0.2) is 0 Å². The summed E-state index contributed by atoms with van der Waals surface area (Å²) in [7, 11) is 0. The molecule has 4 heteroatoms. The number of carbonyl (C=O) groups is 1. The van der Waals surface area contributed by atoms with Crippen LogP contribution in [-0.4, -0.2) is 23.1 Å². The molecule has 18 heavy (non-hydrogen) atoms. The Kier molecular flexibility index (Phi) is 5.41. The number of nitrogens with one attached hydrogen (secondary N) is 2. The van der Waals surface area contributed by atoms with Crippen molar-refractivity contribution in [1.29, 1.82) is 0 Å². The smallest absolute Gasteiger partial charge is 0.236 e. The van der Waals surface area contributed by atoms with Crippen LogP contribution in [0.5, 0.6) is 0 Å². The van der Waals surface area contributed by atoms with Gasteiger partial charge < -0.3 is 15.2 Å². The molecule has 0 aliphatic heterocycles. The minimum absolute atomic E-state index is 0.0572. The Hall–Kier alpha value is -1.29. The number of aryl methyl sites for hydroxylation is 1. The van der Waals surface area contributed by atoms with E-state index in [-0.39, 0.29) is 11.9 Å². The van der Waals surface area contributed by atoms with E-state index in [9.17, 15) is 4.79 Å². The number of hydrogen-bond acceptors (Lipinski definition) is 2. The van der Waals surface area contributed by atoms with Crippen molar-refractivity contribution >= 4 is 5.91 Å². The van der Waals surface area contributed by atoms with E-state index in [1.165, 1.54) is 17.0 Å². The van der Waals surface area contributed by atoms with Gasteiger partial charge in [-0.05, 0) is 46.2 Å². The van der Waals surface area contributed by atoms with E-state index in [2.05, 4.69) is 42.0 Å². The third-order valence-corrected chi connectivity index (χ3v) is 3.34. The summed E-state index contributed by atoms with van der Waals surface area (Å²) in [5.41, 5.74) is 3.83. The fraction of sp³-hybridized carbons (Fsp3) is 0.643. The lowest BCUT2D eigenvalue weighted by molar-refractivity contribution is -0.122. The molecule has 0 aromatic carbocycles. The predicted octanol–water partition coefficient (Wildman–Crippen LogP) is 1.74. The topological polar surface area (TPSA) is 46.1 Å². The van der Waals surface area contributed by atoms with Gasteiger partial charge in [-0.2, -0.15) is 0 Å². The molecule has 1 rings (SSSR count). The lowest BCUT2D eigenvalue weighted by atomic mass is 10.2. The van der Waals surface area contributed by atoms with E-state index >= 15 is 0 Å². The van der Waals surface area contributed by atoms with Crippen molar-refractivity contribution in [3.8, 4) is 0 Å². The molecule has 1 aromatic rings. The average molecular weight is 251 g/mol. The molecule has 0 saturated carbocycles. The number of rotatable bonds is 6. The van der Waals surface area contributed by atoms with Gasteiger partial charge in [-0.1, -0.05) is 0 Å². The maximum absolute atomic E-state index is 11.6. The molecule has 0 aliphatic carbocycles. The van der Waals surface area contributed by atoms with Crippen molar-refractivity contribution < 1.29 is 4.79 Å². The molecule has 1 heterocycles. The quantitative estimate of drug-likeness (QED) is 0.809. The highest BCUT2D eigenvalue weighted by atomic mass is 16.2. The van der Waals surface area contributed by atoms with Gasteiger partial charge in [-0.3, -0.25) is 4.79 Å². The molecule has 1 amide bonds. The van der Waals surface area contributed by atoms with Gasteiger partial charge in [0.05, 0.1) is 6.04 Å². The highest BCUT2D eigenvalue weighted by Crippen LogP contribution is 2.14. The van der Waals surface area contributed by atoms with Gasteiger partial charge in [-0.15, -0.1) is 0 Å². The summed E-state index contributed by atoms with van der Waals surface area (Å²) in [6.07, 6.45) is 0. The molecule has 0 aliphatic rings. The zero-order valence-corrected chi connectivity index (χ0v) is 12.1. The molecule has 0 fully saturated rings. The van der Waals surface area contributed by atoms with Gasteiger partial charge in [0, 0.05) is 31.0 Å². The molecule has 0 bridgehead atoms. The van der Waals surface area contributed by atoms with Crippen LogP contribution in [0.1, 0.15) is 37.7 Å². The number of amides is 1. The van der Waals surface area contributed by atoms with Crippen molar-refractivity contribution in [2.75, 3.05) is 6.54 Å². The molecule has 1 atom stereocenters. The number of nitrogens with zero attached hydrogens (tertiary/aromatic N) is 1. The lowest BCUT2D eigenvalue weighted by Crippen LogP contribution is -2.41. The standard InChI is InChI=1S/C14H25N3O/c1-6-15-14(18)11(4)16-9-13-8-10(3)17(7-2)12(13)5/h8,11,16H,6-7,9H2,1-5H3,(H,15,18). The van der Waals surface area contributed by atoms with E-state index in [0.29, 0.717) is 6.54 Å². The molecule has 0 spiro atoms. The largest absolute Gasteiger partial charge is 0.355 e. The highest BCUT2D eigenvalue weighted by molar-refractivity contribution is 5.81. The second kappa shape index (κ2) is 6.59. The van der Waals surface area contributed by atoms with Crippen LogP contribution < -0.4 is 10.6 Å². The van der Waals surface area contributed by atoms with Crippen molar-refractivity contribution in [1.82, 2.24) is 15.2 Å². The molecule has 2 N–H and O–H groups in total. The van der Waals surface area contributed by atoms with Crippen LogP contribution in [0, 0.1) is 13.8 Å². The Morgan fingerprint density at radius 3 is 2.56 bits per heavy atom. The summed E-state index contributed by atoms with van der Waals surface area (Å²) in [6, 6.07) is 2.03. The Morgan fingerprint density at radius 2 is 2.06 bits per heavy atom. The monoisotopic (exact) mass is 251 g/mol. The van der Waals surface area contributed by atoms with Gasteiger partial charge in [0.1, 0.15) is 0 Å². The van der Waals surface area contributed by atoms with Gasteiger partial charge in [0.25, 0.3) is 0 Å². The molecular weight excluding hydrogens is 226 g/mol. The van der Waals surface area contributed by atoms with Gasteiger partial charge >= 0.3 is 0 Å². The second-order valence-corrected chi connectivity index (χ2v) is 4.64. The van der Waals surface area contributed by atoms with Crippen LogP contribution in [-0.2, 0) is 17.9 Å². The summed E-state index contributed by atoms with van der Waals surface area (Å²) in [6.45, 7) is 12.6. The number of hydrogen-bond donors (Lipinski definition) is 2. The predicted molar refractivity (Wildman–Crippen MR) is 74.6 cm³/mol. The van der Waals surface area contributed by atoms with Gasteiger partial charge in [0.15, 0.2) is 0 Å². The molecule has 1 aromatic heterocycles. The number of carbonyl (C=O) groups excluding carboxylic acids is 1. The Bertz CT molecular complexity index is 409. The van der Waals surface area contributed by atoms with E-state index in [4.69, 9.17) is 0 Å². The normalized spacial score (nSPS) is 12.5. The first-order chi connectivity index (χ1) is 8.51. The molecule has 102 valence electrons. The minimum atomic E-state index is -0.158. The molecule has 1 unspecified atom stereocenters. The summed E-state index contributed by atoms with van der Waals surface area (Å²) in [5, 5.41) is 6.08. The Morgan fingerprint density at radius 1 is 1.39 bits per heavy atom. The SMILES string of the molecule is CCNC(=O)C(C)NCc1cc(C)n(CC)c1C. The van der Waals surface area contributed by atoms with E-state index in [0.717, 1.165) is 13.1 Å². The van der Waals surface area contributed by atoms with E-state index in [1.807, 2.05) is 13.8 Å². The van der Waals surface area contributed by atoms with Crippen molar-refractivity contribution in [3.63, 3.8) is 0 Å². The second-order valence-electron chi connectivity index (χ2n) is 4.64. The van der Waals surface area contributed by atoms with Crippen LogP contribution in [0.3, 0.4) is 0 Å². The van der Waals surface area contributed by atoms with Crippen LogP contribution in [0.2, 0.25) is 0 Å². The zero-order chi connectivity index (χ0) is 13.7. The fourth-order valence-electron chi connectivity index (χ4n) is 2.22. The Labute approximate surface area is 110 Å². The zero-order valence-electron chi connectivity index (χ0n) is 12.1. The molecule has 0 saturated heterocycles. The first-order valence-corrected chi connectivity index (χ1v) is 6.67. The fourth-order valence-corrected chi connectivity index (χ4v) is 2.22. The number of likely N-dealkylation sites (N-methyl/N-ethyl adjacent to an activating group) is 1. The summed E-state index contributed by atoms with van der Waals surface area (Å²) in [5.74, 6) is 0.0572. The lowest BCUT2D eigenvalue weighted by Gasteiger charge is -2.13. The first-order valence-electron chi connectivity index (χ1n) is 6.67. The maximum atomic E-state index is 11.6. The Balaban J connectivity index is 2.61. The van der Waals surface area contributed by atoms with Gasteiger partial charge in [0.2, 0.25) is 5.91 Å². The summed E-state index contributed by atoms with van der Waals surface area (Å²) < 4.78 is 2.29. The van der Waals surface area contributed by atoms with E-state index < -0.39 is 0 Å². The maximum Gasteiger partial charge on any atom is 0.236 e. The third kappa shape index (κ3) is 3.35.